The molecule has 0 saturated heterocycles. The molecule has 2 rings (SSSR count). The Bertz CT molecular complexity index is 863. The van der Waals surface area contributed by atoms with E-state index in [9.17, 15) is 18.4 Å². The Morgan fingerprint density at radius 1 is 1.15 bits per heavy atom. The third-order valence-corrected chi connectivity index (χ3v) is 3.51. The first-order chi connectivity index (χ1) is 12.9. The van der Waals surface area contributed by atoms with E-state index in [4.69, 9.17) is 14.7 Å². The second-order valence-electron chi connectivity index (χ2n) is 5.54. The van der Waals surface area contributed by atoms with Crippen LogP contribution in [-0.2, 0) is 14.3 Å². The van der Waals surface area contributed by atoms with Gasteiger partial charge in [0, 0.05) is 11.6 Å². The Kier molecular flexibility index (Phi) is 6.83. The minimum Gasteiger partial charge on any atom is -0.482 e. The van der Waals surface area contributed by atoms with Gasteiger partial charge in [0.15, 0.2) is 13.2 Å². The minimum atomic E-state index is -0.782. The van der Waals surface area contributed by atoms with Crippen molar-refractivity contribution in [2.45, 2.75) is 13.0 Å². The Morgan fingerprint density at radius 3 is 2.48 bits per heavy atom. The number of hydrogen-bond donors (Lipinski definition) is 1. The van der Waals surface area contributed by atoms with Crippen LogP contribution in [0.25, 0.3) is 0 Å². The predicted octanol–water partition coefficient (Wildman–Crippen LogP) is 2.64. The molecular formula is C19H16F2N2O4. The predicted molar refractivity (Wildman–Crippen MR) is 90.5 cm³/mol. The lowest BCUT2D eigenvalue weighted by Gasteiger charge is -2.15. The summed E-state index contributed by atoms with van der Waals surface area (Å²) < 4.78 is 36.5. The molecule has 0 aromatic heterocycles. The van der Waals surface area contributed by atoms with Crippen LogP contribution in [0.2, 0.25) is 0 Å². The van der Waals surface area contributed by atoms with Gasteiger partial charge in [-0.1, -0.05) is 6.07 Å². The normalized spacial score (nSPS) is 11.2. The van der Waals surface area contributed by atoms with Crippen molar-refractivity contribution >= 4 is 11.9 Å². The van der Waals surface area contributed by atoms with E-state index in [0.717, 1.165) is 12.1 Å². The number of carbonyl (C=O) groups is 2. The molecule has 27 heavy (non-hydrogen) atoms. The summed E-state index contributed by atoms with van der Waals surface area (Å²) >= 11 is 0. The number of nitriles is 1. The first kappa shape index (κ1) is 19.8. The molecule has 6 nitrogen and oxygen atoms in total. The largest absolute Gasteiger partial charge is 0.482 e. The Hall–Kier alpha value is -3.47. The number of benzene rings is 2. The topological polar surface area (TPSA) is 88.4 Å². The van der Waals surface area contributed by atoms with E-state index in [-0.39, 0.29) is 5.56 Å². The number of esters is 1. The van der Waals surface area contributed by atoms with Crippen molar-refractivity contribution in [3.63, 3.8) is 0 Å². The zero-order valence-corrected chi connectivity index (χ0v) is 14.4. The Balaban J connectivity index is 1.75. The maximum Gasteiger partial charge on any atom is 0.344 e. The van der Waals surface area contributed by atoms with Crippen LogP contribution in [0.15, 0.2) is 42.5 Å². The van der Waals surface area contributed by atoms with Gasteiger partial charge in [-0.3, -0.25) is 4.79 Å². The summed E-state index contributed by atoms with van der Waals surface area (Å²) in [5.41, 5.74) is 0.563. The quantitative estimate of drug-likeness (QED) is 0.753. The highest BCUT2D eigenvalue weighted by molar-refractivity contribution is 5.81. The third kappa shape index (κ3) is 6.08. The SMILES string of the molecule is C[C@@H](NC(=O)COC(=O)COc1ccc(C#N)cc1)c1ccc(F)cc1F. The Morgan fingerprint density at radius 2 is 1.85 bits per heavy atom. The van der Waals surface area contributed by atoms with Gasteiger partial charge in [0.2, 0.25) is 0 Å². The first-order valence-corrected chi connectivity index (χ1v) is 7.92. The van der Waals surface area contributed by atoms with Crippen LogP contribution in [0.3, 0.4) is 0 Å². The molecule has 2 aromatic rings. The van der Waals surface area contributed by atoms with Crippen LogP contribution in [0.4, 0.5) is 8.78 Å². The lowest BCUT2D eigenvalue weighted by molar-refractivity contribution is -0.150. The second kappa shape index (κ2) is 9.29. The van der Waals surface area contributed by atoms with Crippen LogP contribution >= 0.6 is 0 Å². The average molecular weight is 374 g/mol. The van der Waals surface area contributed by atoms with E-state index in [1.165, 1.54) is 37.3 Å². The van der Waals surface area contributed by atoms with Gasteiger partial charge in [-0.25, -0.2) is 13.6 Å². The Labute approximate surface area is 154 Å². The highest BCUT2D eigenvalue weighted by Crippen LogP contribution is 2.17. The summed E-state index contributed by atoms with van der Waals surface area (Å²) in [7, 11) is 0. The molecule has 0 fully saturated rings. The van der Waals surface area contributed by atoms with Gasteiger partial charge in [0.25, 0.3) is 5.91 Å². The number of rotatable bonds is 7. The number of nitrogens with one attached hydrogen (secondary N) is 1. The zero-order valence-electron chi connectivity index (χ0n) is 14.4. The molecule has 1 N–H and O–H groups in total. The molecule has 0 aliphatic rings. The average Bonchev–Trinajstić information content (AvgIpc) is 2.65. The van der Waals surface area contributed by atoms with Gasteiger partial charge < -0.3 is 14.8 Å². The maximum atomic E-state index is 13.7. The van der Waals surface area contributed by atoms with Crippen molar-refractivity contribution in [1.82, 2.24) is 5.32 Å². The van der Waals surface area contributed by atoms with Gasteiger partial charge in [0.05, 0.1) is 17.7 Å². The molecule has 2 aromatic carbocycles. The maximum absolute atomic E-state index is 13.7. The molecule has 0 aliphatic heterocycles. The van der Waals surface area contributed by atoms with Gasteiger partial charge in [-0.05, 0) is 37.3 Å². The number of hydrogen-bond acceptors (Lipinski definition) is 5. The second-order valence-corrected chi connectivity index (χ2v) is 5.54. The molecule has 8 heteroatoms. The molecule has 1 amide bonds. The van der Waals surface area contributed by atoms with Crippen LogP contribution in [0.1, 0.15) is 24.1 Å². The highest BCUT2D eigenvalue weighted by Gasteiger charge is 2.15. The number of halogens is 2. The molecule has 0 heterocycles. The van der Waals surface area contributed by atoms with Gasteiger partial charge in [-0.15, -0.1) is 0 Å². The van der Waals surface area contributed by atoms with Crippen molar-refractivity contribution in [3.05, 3.63) is 65.2 Å². The van der Waals surface area contributed by atoms with Gasteiger partial charge >= 0.3 is 5.97 Å². The number of amides is 1. The molecule has 0 radical (unpaired) electrons. The summed E-state index contributed by atoms with van der Waals surface area (Å²) in [5, 5.41) is 11.1. The van der Waals surface area contributed by atoms with Gasteiger partial charge in [-0.2, -0.15) is 5.26 Å². The minimum absolute atomic E-state index is 0.111. The summed E-state index contributed by atoms with van der Waals surface area (Å²) in [6, 6.07) is 10.4. The van der Waals surface area contributed by atoms with E-state index in [0.29, 0.717) is 11.3 Å². The first-order valence-electron chi connectivity index (χ1n) is 7.92. The smallest absolute Gasteiger partial charge is 0.344 e. The summed E-state index contributed by atoms with van der Waals surface area (Å²) in [4.78, 5) is 23.4. The van der Waals surface area contributed by atoms with Crippen LogP contribution < -0.4 is 10.1 Å². The molecule has 0 unspecified atom stereocenters. The van der Waals surface area contributed by atoms with E-state index in [2.05, 4.69) is 5.32 Å². The molecule has 0 saturated carbocycles. The molecule has 0 aliphatic carbocycles. The van der Waals surface area contributed by atoms with E-state index in [1.807, 2.05) is 6.07 Å². The monoisotopic (exact) mass is 374 g/mol. The third-order valence-electron chi connectivity index (χ3n) is 3.51. The highest BCUT2D eigenvalue weighted by atomic mass is 19.1. The summed E-state index contributed by atoms with van der Waals surface area (Å²) in [6.07, 6.45) is 0. The fourth-order valence-corrected chi connectivity index (χ4v) is 2.17. The van der Waals surface area contributed by atoms with Crippen LogP contribution in [0.5, 0.6) is 5.75 Å². The van der Waals surface area contributed by atoms with Crippen molar-refractivity contribution < 1.29 is 27.8 Å². The van der Waals surface area contributed by atoms with Crippen molar-refractivity contribution in [3.8, 4) is 11.8 Å². The molecule has 0 bridgehead atoms. The zero-order chi connectivity index (χ0) is 19.8. The molecule has 140 valence electrons. The summed E-state index contributed by atoms with van der Waals surface area (Å²) in [5.74, 6) is -2.54. The molecule has 1 atom stereocenters. The van der Waals surface area contributed by atoms with E-state index in [1.54, 1.807) is 0 Å². The van der Waals surface area contributed by atoms with E-state index >= 15 is 0 Å². The lowest BCUT2D eigenvalue weighted by Crippen LogP contribution is -2.32. The van der Waals surface area contributed by atoms with Crippen molar-refractivity contribution in [2.24, 2.45) is 0 Å². The summed E-state index contributed by atoms with van der Waals surface area (Å²) in [6.45, 7) is 0.536. The standard InChI is InChI=1S/C19H16F2N2O4/c1-12(16-7-4-14(20)8-17(16)21)23-18(24)10-27-19(25)11-26-15-5-2-13(9-22)3-6-15/h2-8,12H,10-11H2,1H3,(H,23,24)/t12-/m1/s1. The van der Waals surface area contributed by atoms with Crippen molar-refractivity contribution in [1.29, 1.82) is 5.26 Å². The number of carbonyl (C=O) groups excluding carboxylic acids is 2. The number of ether oxygens (including phenoxy) is 2. The lowest BCUT2D eigenvalue weighted by atomic mass is 10.1. The fraction of sp³-hybridized carbons (Fsp3) is 0.211. The van der Waals surface area contributed by atoms with Crippen LogP contribution in [-0.4, -0.2) is 25.1 Å². The van der Waals surface area contributed by atoms with E-state index < -0.39 is 42.8 Å². The van der Waals surface area contributed by atoms with Crippen molar-refractivity contribution in [2.75, 3.05) is 13.2 Å². The molecule has 0 spiro atoms. The van der Waals surface area contributed by atoms with Gasteiger partial charge in [0.1, 0.15) is 17.4 Å². The van der Waals surface area contributed by atoms with Crippen LogP contribution in [0, 0.1) is 23.0 Å². The number of nitrogens with zero attached hydrogens (tertiary/aromatic N) is 1. The molecular weight excluding hydrogens is 358 g/mol. The fourth-order valence-electron chi connectivity index (χ4n) is 2.17.